The molecule has 0 bridgehead atoms. The summed E-state index contributed by atoms with van der Waals surface area (Å²) in [5, 5.41) is 19.8. The summed E-state index contributed by atoms with van der Waals surface area (Å²) in [4.78, 5) is 23.0. The number of ether oxygens (including phenoxy) is 3. The highest BCUT2D eigenvalue weighted by atomic mass is 16.5. The molecule has 0 aliphatic carbocycles. The number of hydrogen-bond acceptors (Lipinski definition) is 7. The minimum atomic E-state index is -1.73. The fourth-order valence-corrected chi connectivity index (χ4v) is 1.58. The summed E-state index contributed by atoms with van der Waals surface area (Å²) in [6.07, 6.45) is -1.73. The molecular weight excluding hydrogens is 268 g/mol. The van der Waals surface area contributed by atoms with Gasteiger partial charge in [0.1, 0.15) is 0 Å². The molecule has 7 heteroatoms. The summed E-state index contributed by atoms with van der Waals surface area (Å²) in [7, 11) is 2.46. The summed E-state index contributed by atoms with van der Waals surface area (Å²) in [6.45, 7) is 1.65. The van der Waals surface area contributed by atoms with E-state index >= 15 is 0 Å². The van der Waals surface area contributed by atoms with Crippen molar-refractivity contribution in [1.82, 2.24) is 0 Å². The van der Waals surface area contributed by atoms with Crippen LogP contribution in [0.3, 0.4) is 0 Å². The molecule has 1 unspecified atom stereocenters. The van der Waals surface area contributed by atoms with Crippen LogP contribution in [0.1, 0.15) is 28.9 Å². The van der Waals surface area contributed by atoms with E-state index < -0.39 is 23.8 Å². The average molecular weight is 284 g/mol. The molecule has 2 N–H and O–H groups in total. The molecule has 0 spiro atoms. The number of hydrogen-bond donors (Lipinski definition) is 2. The summed E-state index contributed by atoms with van der Waals surface area (Å²) in [5.74, 6) is -2.14. The van der Waals surface area contributed by atoms with Crippen LogP contribution in [0.5, 0.6) is 11.5 Å². The Bertz CT molecular complexity index is 510. The van der Waals surface area contributed by atoms with E-state index in [2.05, 4.69) is 9.47 Å². The van der Waals surface area contributed by atoms with Crippen molar-refractivity contribution < 1.29 is 34.0 Å². The number of methoxy groups -OCH3 is 2. The molecule has 0 amide bonds. The van der Waals surface area contributed by atoms with Crippen LogP contribution in [0.4, 0.5) is 0 Å². The van der Waals surface area contributed by atoms with Gasteiger partial charge in [0, 0.05) is 5.56 Å². The van der Waals surface area contributed by atoms with Gasteiger partial charge in [0.25, 0.3) is 0 Å². The third-order valence-electron chi connectivity index (χ3n) is 2.55. The third-order valence-corrected chi connectivity index (χ3v) is 2.55. The zero-order chi connectivity index (χ0) is 15.3. The Kier molecular flexibility index (Phi) is 5.33. The lowest BCUT2D eigenvalue weighted by molar-refractivity contribution is -0.153. The van der Waals surface area contributed by atoms with Crippen molar-refractivity contribution in [1.29, 1.82) is 0 Å². The first-order chi connectivity index (χ1) is 9.46. The van der Waals surface area contributed by atoms with Crippen molar-refractivity contribution >= 4 is 11.9 Å². The first-order valence-electron chi connectivity index (χ1n) is 5.80. The van der Waals surface area contributed by atoms with Crippen LogP contribution >= 0.6 is 0 Å². The number of aliphatic hydroxyl groups excluding tert-OH is 1. The monoisotopic (exact) mass is 284 g/mol. The van der Waals surface area contributed by atoms with E-state index in [-0.39, 0.29) is 23.5 Å². The molecule has 1 aromatic rings. The van der Waals surface area contributed by atoms with Gasteiger partial charge in [0.15, 0.2) is 17.6 Å². The lowest BCUT2D eigenvalue weighted by Gasteiger charge is -2.15. The van der Waals surface area contributed by atoms with Gasteiger partial charge in [0.2, 0.25) is 0 Å². The fourth-order valence-electron chi connectivity index (χ4n) is 1.58. The zero-order valence-electron chi connectivity index (χ0n) is 11.4. The maximum Gasteiger partial charge on any atom is 0.339 e. The lowest BCUT2D eigenvalue weighted by atomic mass is 10.0. The molecule has 1 aromatic carbocycles. The number of carbonyl (C=O) groups is 2. The molecule has 1 atom stereocenters. The number of phenols is 1. The fraction of sp³-hybridized carbons (Fsp3) is 0.385. The molecule has 0 saturated heterocycles. The highest BCUT2D eigenvalue weighted by Gasteiger charge is 2.26. The van der Waals surface area contributed by atoms with Crippen LogP contribution in [-0.2, 0) is 14.3 Å². The van der Waals surface area contributed by atoms with Crippen molar-refractivity contribution in [3.05, 3.63) is 23.3 Å². The first kappa shape index (κ1) is 15.8. The molecule has 0 aliphatic rings. The molecule has 7 nitrogen and oxygen atoms in total. The van der Waals surface area contributed by atoms with E-state index in [1.165, 1.54) is 20.3 Å². The van der Waals surface area contributed by atoms with Crippen LogP contribution in [-0.4, -0.2) is 43.0 Å². The molecule has 20 heavy (non-hydrogen) atoms. The van der Waals surface area contributed by atoms with Crippen LogP contribution in [0.25, 0.3) is 0 Å². The molecule has 0 saturated carbocycles. The minimum absolute atomic E-state index is 0.0282. The van der Waals surface area contributed by atoms with Gasteiger partial charge in [-0.1, -0.05) is 0 Å². The molecule has 1 rings (SSSR count). The summed E-state index contributed by atoms with van der Waals surface area (Å²) in [5.41, 5.74) is -0.163. The third kappa shape index (κ3) is 3.18. The van der Waals surface area contributed by atoms with Crippen molar-refractivity contribution in [2.24, 2.45) is 0 Å². The van der Waals surface area contributed by atoms with Crippen molar-refractivity contribution in [2.45, 2.75) is 13.0 Å². The van der Waals surface area contributed by atoms with Crippen molar-refractivity contribution in [3.63, 3.8) is 0 Å². The maximum atomic E-state index is 11.5. The molecule has 0 aromatic heterocycles. The Labute approximate surface area is 115 Å². The van der Waals surface area contributed by atoms with E-state index in [1.807, 2.05) is 0 Å². The predicted molar refractivity (Wildman–Crippen MR) is 67.6 cm³/mol. The Morgan fingerprint density at radius 1 is 1.30 bits per heavy atom. The smallest absolute Gasteiger partial charge is 0.339 e. The van der Waals surface area contributed by atoms with E-state index in [0.717, 1.165) is 6.07 Å². The van der Waals surface area contributed by atoms with Crippen LogP contribution in [0, 0.1) is 0 Å². The van der Waals surface area contributed by atoms with Crippen molar-refractivity contribution in [2.75, 3.05) is 20.8 Å². The van der Waals surface area contributed by atoms with Gasteiger partial charge < -0.3 is 24.4 Å². The van der Waals surface area contributed by atoms with E-state index in [4.69, 9.17) is 4.74 Å². The summed E-state index contributed by atoms with van der Waals surface area (Å²) in [6, 6.07) is 2.38. The quantitative estimate of drug-likeness (QED) is 0.770. The Balaban J connectivity index is 3.29. The van der Waals surface area contributed by atoms with Gasteiger partial charge in [-0.05, 0) is 19.1 Å². The zero-order valence-corrected chi connectivity index (χ0v) is 11.4. The average Bonchev–Trinajstić information content (AvgIpc) is 2.46. The molecule has 110 valence electrons. The van der Waals surface area contributed by atoms with Gasteiger partial charge in [-0.25, -0.2) is 9.59 Å². The number of rotatable bonds is 5. The van der Waals surface area contributed by atoms with Gasteiger partial charge in [-0.3, -0.25) is 0 Å². The minimum Gasteiger partial charge on any atom is -0.504 e. The number of aliphatic hydroxyl groups is 1. The first-order valence-corrected chi connectivity index (χ1v) is 5.80. The maximum absolute atomic E-state index is 11.5. The highest BCUT2D eigenvalue weighted by Crippen LogP contribution is 2.35. The summed E-state index contributed by atoms with van der Waals surface area (Å²) < 4.78 is 14.1. The largest absolute Gasteiger partial charge is 0.504 e. The Morgan fingerprint density at radius 2 is 1.95 bits per heavy atom. The second-order valence-electron chi connectivity index (χ2n) is 3.76. The second kappa shape index (κ2) is 6.76. The van der Waals surface area contributed by atoms with Crippen LogP contribution < -0.4 is 4.74 Å². The Morgan fingerprint density at radius 3 is 2.45 bits per heavy atom. The second-order valence-corrected chi connectivity index (χ2v) is 3.76. The standard InChI is InChI=1S/C13H16O7/c1-4-20-13(17)11(15)8-5-7(12(16)19-3)6-9(18-2)10(8)14/h5-6,11,14-15H,4H2,1-3H3. The van der Waals surface area contributed by atoms with Crippen molar-refractivity contribution in [3.8, 4) is 11.5 Å². The SMILES string of the molecule is CCOC(=O)C(O)c1cc(C(=O)OC)cc(OC)c1O. The van der Waals surface area contributed by atoms with Gasteiger partial charge in [0.05, 0.1) is 26.4 Å². The lowest BCUT2D eigenvalue weighted by Crippen LogP contribution is -2.16. The van der Waals surface area contributed by atoms with E-state index in [1.54, 1.807) is 6.92 Å². The number of benzene rings is 1. The number of carbonyl (C=O) groups excluding carboxylic acids is 2. The number of phenolic OH excluding ortho intramolecular Hbond substituents is 1. The molecule has 0 radical (unpaired) electrons. The van der Waals surface area contributed by atoms with Gasteiger partial charge in [-0.15, -0.1) is 0 Å². The predicted octanol–water partition coefficient (Wildman–Crippen LogP) is 0.784. The van der Waals surface area contributed by atoms with Crippen LogP contribution in [0.2, 0.25) is 0 Å². The number of aromatic hydroxyl groups is 1. The van der Waals surface area contributed by atoms with Gasteiger partial charge >= 0.3 is 11.9 Å². The summed E-state index contributed by atoms with van der Waals surface area (Å²) >= 11 is 0. The normalized spacial score (nSPS) is 11.6. The van der Waals surface area contributed by atoms with Crippen LogP contribution in [0.15, 0.2) is 12.1 Å². The number of esters is 2. The highest BCUT2D eigenvalue weighted by molar-refractivity contribution is 5.91. The molecular formula is C13H16O7. The van der Waals surface area contributed by atoms with E-state index in [9.17, 15) is 19.8 Å². The Hall–Kier alpha value is -2.28. The van der Waals surface area contributed by atoms with E-state index in [0.29, 0.717) is 0 Å². The molecule has 0 heterocycles. The molecule has 0 aliphatic heterocycles. The molecule has 0 fully saturated rings. The van der Waals surface area contributed by atoms with Gasteiger partial charge in [-0.2, -0.15) is 0 Å². The topological polar surface area (TPSA) is 102 Å².